The molecule has 0 fully saturated rings. The van der Waals surface area contributed by atoms with E-state index in [1.807, 2.05) is 0 Å². The second-order valence-corrected chi connectivity index (χ2v) is 5.61. The summed E-state index contributed by atoms with van der Waals surface area (Å²) in [6.07, 6.45) is 0. The predicted octanol–water partition coefficient (Wildman–Crippen LogP) is 3.49. The lowest BCUT2D eigenvalue weighted by Gasteiger charge is -2.21. The number of carbonyl (C=O) groups excluding carboxylic acids is 2. The van der Waals surface area contributed by atoms with Crippen LogP contribution in [0.3, 0.4) is 0 Å². The summed E-state index contributed by atoms with van der Waals surface area (Å²) in [6.45, 7) is 0. The Balaban J connectivity index is 2.12. The minimum atomic E-state index is -0.906. The number of amides is 3. The number of urea groups is 1. The fraction of sp³-hybridized carbons (Fsp3) is 0.0625. The first-order valence-corrected chi connectivity index (χ1v) is 7.59. The van der Waals surface area contributed by atoms with Crippen molar-refractivity contribution in [2.24, 2.45) is 0 Å². The molecule has 0 heterocycles. The van der Waals surface area contributed by atoms with E-state index in [4.69, 9.17) is 28.5 Å². The van der Waals surface area contributed by atoms with Crippen molar-refractivity contribution in [3.8, 4) is 6.07 Å². The molecule has 0 aliphatic rings. The molecule has 0 aromatic heterocycles. The van der Waals surface area contributed by atoms with Crippen molar-refractivity contribution in [1.82, 2.24) is 10.7 Å². The monoisotopic (exact) mass is 380 g/mol. The quantitative estimate of drug-likeness (QED) is 0.797. The van der Waals surface area contributed by atoms with Gasteiger partial charge in [-0.3, -0.25) is 15.1 Å². The number of imide groups is 1. The molecule has 0 bridgehead atoms. The van der Waals surface area contributed by atoms with E-state index in [2.05, 4.69) is 10.7 Å². The van der Waals surface area contributed by atoms with Gasteiger partial charge in [0.15, 0.2) is 0 Å². The van der Waals surface area contributed by atoms with Crippen LogP contribution in [0.1, 0.15) is 15.9 Å². The zero-order chi connectivity index (χ0) is 18.6. The number of hydrogen-bond donors (Lipinski definition) is 2. The van der Waals surface area contributed by atoms with Gasteiger partial charge in [0.25, 0.3) is 5.91 Å². The van der Waals surface area contributed by atoms with E-state index in [-0.39, 0.29) is 26.9 Å². The zero-order valence-electron chi connectivity index (χ0n) is 12.8. The normalized spacial score (nSPS) is 9.88. The number of rotatable bonds is 3. The molecule has 0 atom stereocenters. The maximum atomic E-state index is 13.6. The van der Waals surface area contributed by atoms with Crippen LogP contribution < -0.4 is 15.8 Å². The molecule has 0 aliphatic carbocycles. The van der Waals surface area contributed by atoms with Gasteiger partial charge in [-0.2, -0.15) is 5.26 Å². The van der Waals surface area contributed by atoms with Gasteiger partial charge in [0, 0.05) is 7.05 Å². The number of halogens is 3. The second kappa shape index (κ2) is 7.83. The Labute approximate surface area is 152 Å². The predicted molar refractivity (Wildman–Crippen MR) is 92.0 cm³/mol. The van der Waals surface area contributed by atoms with Crippen molar-refractivity contribution in [1.29, 1.82) is 5.26 Å². The van der Waals surface area contributed by atoms with Gasteiger partial charge in [-0.25, -0.2) is 14.6 Å². The molecule has 0 radical (unpaired) electrons. The number of carbonyl (C=O) groups is 2. The van der Waals surface area contributed by atoms with Crippen LogP contribution in [0.4, 0.5) is 14.9 Å². The van der Waals surface area contributed by atoms with Crippen LogP contribution in [0, 0.1) is 17.1 Å². The average Bonchev–Trinajstić information content (AvgIpc) is 2.54. The molecule has 0 unspecified atom stereocenters. The topological polar surface area (TPSA) is 85.2 Å². The second-order valence-electron chi connectivity index (χ2n) is 4.80. The first kappa shape index (κ1) is 18.5. The SMILES string of the molecule is CN(NC(=O)NC(=O)c1c(Cl)cccc1Cl)c1cccc(F)c1C#N. The number of hydrogen-bond acceptors (Lipinski definition) is 4. The van der Waals surface area contributed by atoms with E-state index in [1.54, 1.807) is 12.1 Å². The van der Waals surface area contributed by atoms with Crippen LogP contribution in [-0.2, 0) is 0 Å². The molecule has 0 spiro atoms. The highest BCUT2D eigenvalue weighted by Gasteiger charge is 2.19. The summed E-state index contributed by atoms with van der Waals surface area (Å²) in [7, 11) is 1.39. The van der Waals surface area contributed by atoms with Gasteiger partial charge in [-0.15, -0.1) is 0 Å². The van der Waals surface area contributed by atoms with E-state index >= 15 is 0 Å². The molecule has 0 saturated carbocycles. The van der Waals surface area contributed by atoms with Crippen molar-refractivity contribution in [2.75, 3.05) is 12.1 Å². The van der Waals surface area contributed by atoms with E-state index in [9.17, 15) is 14.0 Å². The van der Waals surface area contributed by atoms with Crippen molar-refractivity contribution in [3.05, 3.63) is 63.4 Å². The highest BCUT2D eigenvalue weighted by molar-refractivity contribution is 6.40. The Kier molecular flexibility index (Phi) is 5.80. The van der Waals surface area contributed by atoms with Gasteiger partial charge < -0.3 is 0 Å². The molecule has 2 N–H and O–H groups in total. The molecule has 2 aromatic rings. The van der Waals surface area contributed by atoms with Crippen molar-refractivity contribution < 1.29 is 14.0 Å². The summed E-state index contributed by atoms with van der Waals surface area (Å²) >= 11 is 11.8. The van der Waals surface area contributed by atoms with Crippen molar-refractivity contribution in [2.45, 2.75) is 0 Å². The number of nitriles is 1. The van der Waals surface area contributed by atoms with Gasteiger partial charge in [0.05, 0.1) is 21.3 Å². The lowest BCUT2D eigenvalue weighted by molar-refractivity contribution is 0.0964. The Morgan fingerprint density at radius 3 is 2.36 bits per heavy atom. The molecule has 128 valence electrons. The first-order chi connectivity index (χ1) is 11.8. The molecular weight excluding hydrogens is 370 g/mol. The third-order valence-corrected chi connectivity index (χ3v) is 3.78. The smallest absolute Gasteiger partial charge is 0.286 e. The summed E-state index contributed by atoms with van der Waals surface area (Å²) in [4.78, 5) is 24.1. The molecule has 2 rings (SSSR count). The van der Waals surface area contributed by atoms with Crippen molar-refractivity contribution >= 4 is 40.8 Å². The lowest BCUT2D eigenvalue weighted by Crippen LogP contribution is -2.47. The van der Waals surface area contributed by atoms with E-state index < -0.39 is 17.8 Å². The molecule has 3 amide bonds. The summed E-state index contributed by atoms with van der Waals surface area (Å²) in [5.41, 5.74) is 2.13. The molecule has 6 nitrogen and oxygen atoms in total. The van der Waals surface area contributed by atoms with Gasteiger partial charge in [0.2, 0.25) is 0 Å². The van der Waals surface area contributed by atoms with Crippen LogP contribution in [-0.4, -0.2) is 19.0 Å². The van der Waals surface area contributed by atoms with E-state index in [0.717, 1.165) is 11.1 Å². The van der Waals surface area contributed by atoms with Crippen LogP contribution in [0.25, 0.3) is 0 Å². The van der Waals surface area contributed by atoms with Gasteiger partial charge in [-0.1, -0.05) is 35.3 Å². The van der Waals surface area contributed by atoms with Crippen LogP contribution >= 0.6 is 23.2 Å². The Morgan fingerprint density at radius 2 is 1.76 bits per heavy atom. The Morgan fingerprint density at radius 1 is 1.16 bits per heavy atom. The summed E-state index contributed by atoms with van der Waals surface area (Å²) in [6, 6.07) is 9.22. The van der Waals surface area contributed by atoms with Gasteiger partial charge in [-0.05, 0) is 24.3 Å². The number of nitrogens with one attached hydrogen (secondary N) is 2. The molecular formula is C16H11Cl2FN4O2. The number of anilines is 1. The summed E-state index contributed by atoms with van der Waals surface area (Å²) in [5, 5.41) is 12.3. The fourth-order valence-corrected chi connectivity index (χ4v) is 2.59. The highest BCUT2D eigenvalue weighted by atomic mass is 35.5. The summed E-state index contributed by atoms with van der Waals surface area (Å²) in [5.74, 6) is -1.53. The maximum absolute atomic E-state index is 13.6. The van der Waals surface area contributed by atoms with Crippen LogP contribution in [0.15, 0.2) is 36.4 Å². The highest BCUT2D eigenvalue weighted by Crippen LogP contribution is 2.24. The molecule has 25 heavy (non-hydrogen) atoms. The molecule has 9 heteroatoms. The standard InChI is InChI=1S/C16H11Cl2FN4O2/c1-23(13-7-3-6-12(19)9(13)8-20)22-16(25)21-15(24)14-10(17)4-2-5-11(14)18/h2-7H,1H3,(H2,21,22,24,25). The molecule has 0 saturated heterocycles. The third-order valence-electron chi connectivity index (χ3n) is 3.15. The van der Waals surface area contributed by atoms with Crippen molar-refractivity contribution in [3.63, 3.8) is 0 Å². The zero-order valence-corrected chi connectivity index (χ0v) is 14.3. The van der Waals surface area contributed by atoms with Crippen LogP contribution in [0.5, 0.6) is 0 Å². The minimum Gasteiger partial charge on any atom is -0.286 e. The van der Waals surface area contributed by atoms with Gasteiger partial charge >= 0.3 is 6.03 Å². The number of nitrogens with zero attached hydrogens (tertiary/aromatic N) is 2. The summed E-state index contributed by atoms with van der Waals surface area (Å²) < 4.78 is 13.6. The lowest BCUT2D eigenvalue weighted by atomic mass is 10.2. The average molecular weight is 381 g/mol. The fourth-order valence-electron chi connectivity index (χ4n) is 2.02. The molecule has 2 aromatic carbocycles. The van der Waals surface area contributed by atoms with E-state index in [0.29, 0.717) is 0 Å². The van der Waals surface area contributed by atoms with Gasteiger partial charge in [0.1, 0.15) is 17.4 Å². The number of benzene rings is 2. The Hall–Kier alpha value is -2.82. The maximum Gasteiger partial charge on any atom is 0.340 e. The molecule has 0 aliphatic heterocycles. The van der Waals surface area contributed by atoms with Crippen LogP contribution in [0.2, 0.25) is 10.0 Å². The number of hydrazine groups is 1. The van der Waals surface area contributed by atoms with E-state index in [1.165, 1.54) is 31.3 Å². The Bertz CT molecular complexity index is 863. The third kappa shape index (κ3) is 4.18. The largest absolute Gasteiger partial charge is 0.340 e. The first-order valence-electron chi connectivity index (χ1n) is 6.83. The minimum absolute atomic E-state index is 0.0490.